The predicted octanol–water partition coefficient (Wildman–Crippen LogP) is 5.62. The summed E-state index contributed by atoms with van der Waals surface area (Å²) < 4.78 is 2.28. The van der Waals surface area contributed by atoms with Gasteiger partial charge in [-0.2, -0.15) is 0 Å². The number of rotatable bonds is 1. The van der Waals surface area contributed by atoms with Crippen LogP contribution in [0.3, 0.4) is 0 Å². The Morgan fingerprint density at radius 3 is 2.76 bits per heavy atom. The number of hydrogen-bond donors (Lipinski definition) is 1. The molecule has 0 saturated carbocycles. The molecule has 1 aromatic heterocycles. The van der Waals surface area contributed by atoms with Crippen molar-refractivity contribution in [2.75, 3.05) is 5.32 Å². The average Bonchev–Trinajstić information content (AvgIpc) is 3.22. The molecule has 25 heavy (non-hydrogen) atoms. The summed E-state index contributed by atoms with van der Waals surface area (Å²) in [5.74, 6) is 0. The normalized spacial score (nSPS) is 15.4. The summed E-state index contributed by atoms with van der Waals surface area (Å²) in [6.07, 6.45) is 13.7. The van der Waals surface area contributed by atoms with E-state index in [4.69, 9.17) is 0 Å². The van der Waals surface area contributed by atoms with E-state index in [0.717, 1.165) is 12.0 Å². The Kier molecular flexibility index (Phi) is 3.04. The van der Waals surface area contributed by atoms with Crippen molar-refractivity contribution in [2.45, 2.75) is 6.42 Å². The first-order chi connectivity index (χ1) is 12.3. The molecule has 5 rings (SSSR count). The van der Waals surface area contributed by atoms with Crippen LogP contribution in [-0.4, -0.2) is 4.57 Å². The Morgan fingerprint density at radius 1 is 1.00 bits per heavy atom. The van der Waals surface area contributed by atoms with Gasteiger partial charge in [0, 0.05) is 40.6 Å². The topological polar surface area (TPSA) is 17.0 Å². The van der Waals surface area contributed by atoms with Gasteiger partial charge in [-0.1, -0.05) is 49.1 Å². The van der Waals surface area contributed by atoms with E-state index in [9.17, 15) is 0 Å². The van der Waals surface area contributed by atoms with Gasteiger partial charge in [0.25, 0.3) is 0 Å². The molecule has 2 aromatic carbocycles. The number of benzene rings is 2. The zero-order chi connectivity index (χ0) is 16.8. The van der Waals surface area contributed by atoms with E-state index in [-0.39, 0.29) is 0 Å². The van der Waals surface area contributed by atoms with E-state index in [0.29, 0.717) is 0 Å². The summed E-state index contributed by atoms with van der Waals surface area (Å²) >= 11 is 0. The zero-order valence-electron chi connectivity index (χ0n) is 13.9. The molecule has 2 aliphatic rings. The van der Waals surface area contributed by atoms with Crippen LogP contribution in [0.25, 0.3) is 22.7 Å². The molecule has 2 heteroatoms. The van der Waals surface area contributed by atoms with E-state index < -0.39 is 0 Å². The van der Waals surface area contributed by atoms with Crippen molar-refractivity contribution < 1.29 is 0 Å². The van der Waals surface area contributed by atoms with Crippen LogP contribution in [0.5, 0.6) is 0 Å². The van der Waals surface area contributed by atoms with Crippen molar-refractivity contribution in [1.29, 1.82) is 0 Å². The van der Waals surface area contributed by atoms with Crippen molar-refractivity contribution in [2.24, 2.45) is 0 Å². The van der Waals surface area contributed by atoms with Crippen LogP contribution < -0.4 is 5.32 Å². The standard InChI is InChI=1S/C23H18N2/c1-16-6-5-7-18-15-21-20(11-10-16)23-17(14-22(21)24-18)12-13-25(23)19-8-3-2-4-9-19/h2-14,24H,1,15H2. The third-order valence-corrected chi connectivity index (χ3v) is 4.89. The molecule has 0 saturated heterocycles. The third kappa shape index (κ3) is 2.26. The van der Waals surface area contributed by atoms with E-state index >= 15 is 0 Å². The Bertz CT molecular complexity index is 1090. The van der Waals surface area contributed by atoms with Crippen LogP contribution in [0.2, 0.25) is 0 Å². The van der Waals surface area contributed by atoms with Gasteiger partial charge in [-0.05, 0) is 41.5 Å². The second kappa shape index (κ2) is 5.38. The summed E-state index contributed by atoms with van der Waals surface area (Å²) in [6.45, 7) is 4.12. The van der Waals surface area contributed by atoms with Crippen LogP contribution in [0.4, 0.5) is 5.69 Å². The minimum atomic E-state index is 0.932. The fourth-order valence-corrected chi connectivity index (χ4v) is 3.71. The monoisotopic (exact) mass is 322 g/mol. The highest BCUT2D eigenvalue weighted by atomic mass is 15.0. The van der Waals surface area contributed by atoms with Crippen molar-refractivity contribution in [3.63, 3.8) is 0 Å². The van der Waals surface area contributed by atoms with E-state index in [1.165, 1.54) is 39.1 Å². The van der Waals surface area contributed by atoms with Crippen LogP contribution in [-0.2, 0) is 6.42 Å². The maximum Gasteiger partial charge on any atom is 0.0605 e. The van der Waals surface area contributed by atoms with Gasteiger partial charge in [0.1, 0.15) is 0 Å². The minimum Gasteiger partial charge on any atom is -0.358 e. The lowest BCUT2D eigenvalue weighted by Gasteiger charge is -2.12. The molecule has 2 nitrogen and oxygen atoms in total. The third-order valence-electron chi connectivity index (χ3n) is 4.89. The van der Waals surface area contributed by atoms with Gasteiger partial charge in [0.2, 0.25) is 0 Å². The molecule has 120 valence electrons. The number of fused-ring (bicyclic) bond motifs is 3. The van der Waals surface area contributed by atoms with Crippen molar-refractivity contribution in [3.8, 4) is 5.69 Å². The highest BCUT2D eigenvalue weighted by molar-refractivity contribution is 5.96. The number of nitrogens with zero attached hydrogens (tertiary/aromatic N) is 1. The number of anilines is 1. The molecule has 1 N–H and O–H groups in total. The number of hydrogen-bond acceptors (Lipinski definition) is 1. The molecule has 0 spiro atoms. The smallest absolute Gasteiger partial charge is 0.0605 e. The summed E-state index contributed by atoms with van der Waals surface area (Å²) in [5, 5.41) is 4.81. The van der Waals surface area contributed by atoms with Crippen molar-refractivity contribution >= 4 is 22.7 Å². The van der Waals surface area contributed by atoms with Crippen LogP contribution >= 0.6 is 0 Å². The van der Waals surface area contributed by atoms with Gasteiger partial charge in [-0.25, -0.2) is 0 Å². The molecule has 2 heterocycles. The molecule has 1 aliphatic heterocycles. The number of aromatic nitrogens is 1. The van der Waals surface area contributed by atoms with E-state index in [2.05, 4.69) is 89.4 Å². The summed E-state index contributed by atoms with van der Waals surface area (Å²) in [5.41, 5.74) is 8.50. The van der Waals surface area contributed by atoms with Gasteiger partial charge < -0.3 is 9.88 Å². The molecule has 3 aromatic rings. The van der Waals surface area contributed by atoms with Gasteiger partial charge >= 0.3 is 0 Å². The molecule has 0 unspecified atom stereocenters. The maximum absolute atomic E-state index is 4.12. The van der Waals surface area contributed by atoms with Gasteiger partial charge in [0.15, 0.2) is 0 Å². The molecular weight excluding hydrogens is 304 g/mol. The maximum atomic E-state index is 4.12. The Morgan fingerprint density at radius 2 is 1.88 bits per heavy atom. The Balaban J connectivity index is 1.84. The fourth-order valence-electron chi connectivity index (χ4n) is 3.71. The lowest BCUT2D eigenvalue weighted by Crippen LogP contribution is -1.96. The molecule has 2 bridgehead atoms. The van der Waals surface area contributed by atoms with Crippen LogP contribution in [0.15, 0.2) is 90.8 Å². The molecule has 0 atom stereocenters. The first-order valence-corrected chi connectivity index (χ1v) is 8.53. The largest absolute Gasteiger partial charge is 0.358 e. The van der Waals surface area contributed by atoms with Gasteiger partial charge in [-0.15, -0.1) is 0 Å². The van der Waals surface area contributed by atoms with Crippen LogP contribution in [0, 0.1) is 0 Å². The van der Waals surface area contributed by atoms with Gasteiger partial charge in [-0.3, -0.25) is 0 Å². The average molecular weight is 322 g/mol. The van der Waals surface area contributed by atoms with E-state index in [1.54, 1.807) is 0 Å². The second-order valence-electron chi connectivity index (χ2n) is 6.54. The molecular formula is C23H18N2. The Labute approximate surface area is 147 Å². The second-order valence-corrected chi connectivity index (χ2v) is 6.54. The minimum absolute atomic E-state index is 0.932. The first-order valence-electron chi connectivity index (χ1n) is 8.53. The first kappa shape index (κ1) is 14.1. The lowest BCUT2D eigenvalue weighted by atomic mass is 9.99. The quantitative estimate of drug-likeness (QED) is 0.615. The summed E-state index contributed by atoms with van der Waals surface area (Å²) in [6, 6.07) is 15.0. The lowest BCUT2D eigenvalue weighted by molar-refractivity contribution is 1.12. The number of nitrogens with one attached hydrogen (secondary N) is 1. The number of para-hydroxylation sites is 1. The van der Waals surface area contributed by atoms with Crippen LogP contribution in [0.1, 0.15) is 11.1 Å². The SMILES string of the molecule is C=C1C=CC=C2Cc3c(cc4ccn(-c5ccccc5)c4c3C=C1)N2. The summed E-state index contributed by atoms with van der Waals surface area (Å²) in [7, 11) is 0. The molecule has 0 amide bonds. The van der Waals surface area contributed by atoms with Gasteiger partial charge in [0.05, 0.1) is 5.52 Å². The van der Waals surface area contributed by atoms with E-state index in [1.807, 2.05) is 6.08 Å². The predicted molar refractivity (Wildman–Crippen MR) is 106 cm³/mol. The number of allylic oxidation sites excluding steroid dienone is 6. The Hall–Kier alpha value is -3.26. The highest BCUT2D eigenvalue weighted by Crippen LogP contribution is 2.38. The fraction of sp³-hybridized carbons (Fsp3) is 0.0435. The molecule has 0 radical (unpaired) electrons. The highest BCUT2D eigenvalue weighted by Gasteiger charge is 2.21. The molecule has 0 fully saturated rings. The van der Waals surface area contributed by atoms with Crippen molar-refractivity contribution in [1.82, 2.24) is 4.57 Å². The van der Waals surface area contributed by atoms with Crippen molar-refractivity contribution in [3.05, 3.63) is 102 Å². The molecule has 1 aliphatic carbocycles. The zero-order valence-corrected chi connectivity index (χ0v) is 13.9. The summed E-state index contributed by atoms with van der Waals surface area (Å²) in [4.78, 5) is 0.